The molecule has 0 aromatic rings. The lowest BCUT2D eigenvalue weighted by Gasteiger charge is -2.28. The maximum Gasteiger partial charge on any atom is 0.397 e. The highest BCUT2D eigenvalue weighted by Gasteiger charge is 2.33. The molecule has 1 N–H and O–H groups in total. The highest BCUT2D eigenvalue weighted by atomic mass is 32.2. The first-order chi connectivity index (χ1) is 8.22. The number of likely N-dealkylation sites (N-methyl/N-ethyl adjacent to an activating group) is 1. The van der Waals surface area contributed by atoms with Crippen molar-refractivity contribution in [1.29, 1.82) is 0 Å². The summed E-state index contributed by atoms with van der Waals surface area (Å²) < 4.78 is 35.7. The number of amides is 1. The largest absolute Gasteiger partial charge is 0.397 e. The molecule has 3 nitrogen and oxygen atoms in total. The number of thioether (sulfide) groups is 1. The van der Waals surface area contributed by atoms with E-state index in [1.807, 2.05) is 0 Å². The van der Waals surface area contributed by atoms with Gasteiger partial charge in [-0.2, -0.15) is 13.2 Å². The summed E-state index contributed by atoms with van der Waals surface area (Å²) in [5.74, 6) is -1.59. The lowest BCUT2D eigenvalue weighted by Crippen LogP contribution is -2.42. The lowest BCUT2D eigenvalue weighted by molar-refractivity contribution is -0.130. The quantitative estimate of drug-likeness (QED) is 0.840. The predicted molar refractivity (Wildman–Crippen MR) is 64.4 cm³/mol. The summed E-state index contributed by atoms with van der Waals surface area (Å²) in [4.78, 5) is 12.9. The Morgan fingerprint density at radius 1 is 1.39 bits per heavy atom. The number of hydrogen-bond donors (Lipinski definition) is 1. The van der Waals surface area contributed by atoms with Gasteiger partial charge in [0.25, 0.3) is 0 Å². The number of aliphatic hydroxyl groups is 1. The Morgan fingerprint density at radius 3 is 2.44 bits per heavy atom. The summed E-state index contributed by atoms with van der Waals surface area (Å²) >= 11 is 0.556. The molecule has 18 heavy (non-hydrogen) atoms. The van der Waals surface area contributed by atoms with E-state index in [9.17, 15) is 23.1 Å². The maximum atomic E-state index is 11.9. The summed E-state index contributed by atoms with van der Waals surface area (Å²) in [6.07, 6.45) is -1.07. The van der Waals surface area contributed by atoms with Crippen LogP contribution in [-0.4, -0.2) is 52.8 Å². The van der Waals surface area contributed by atoms with Gasteiger partial charge in [-0.05, 0) is 12.8 Å². The fraction of sp³-hybridized carbons (Fsp3) is 0.909. The van der Waals surface area contributed by atoms with Gasteiger partial charge >= 0.3 is 6.18 Å². The molecular weight excluding hydrogens is 267 g/mol. The van der Waals surface area contributed by atoms with Crippen molar-refractivity contribution in [3.63, 3.8) is 0 Å². The van der Waals surface area contributed by atoms with Gasteiger partial charge in [0.15, 0.2) is 0 Å². The van der Waals surface area contributed by atoms with E-state index in [-0.39, 0.29) is 18.2 Å². The third kappa shape index (κ3) is 5.48. The molecule has 1 fully saturated rings. The molecular formula is C11H18F3NO2S. The topological polar surface area (TPSA) is 40.5 Å². The van der Waals surface area contributed by atoms with Crippen LogP contribution in [0.5, 0.6) is 0 Å². The van der Waals surface area contributed by atoms with Gasteiger partial charge in [-0.3, -0.25) is 4.79 Å². The van der Waals surface area contributed by atoms with Gasteiger partial charge in [-0.25, -0.2) is 0 Å². The second-order valence-electron chi connectivity index (χ2n) is 4.79. The monoisotopic (exact) mass is 285 g/mol. The minimum atomic E-state index is -4.24. The molecule has 0 unspecified atom stereocenters. The van der Waals surface area contributed by atoms with Gasteiger partial charge < -0.3 is 10.0 Å². The van der Waals surface area contributed by atoms with Gasteiger partial charge in [0.2, 0.25) is 5.91 Å². The Balaban J connectivity index is 2.28. The van der Waals surface area contributed by atoms with E-state index in [0.717, 1.165) is 12.8 Å². The van der Waals surface area contributed by atoms with Crippen LogP contribution in [-0.2, 0) is 4.79 Å². The minimum absolute atomic E-state index is 0.202. The first kappa shape index (κ1) is 15.6. The van der Waals surface area contributed by atoms with Crippen molar-refractivity contribution >= 4 is 17.7 Å². The Kier molecular flexibility index (Phi) is 5.33. The third-order valence-electron chi connectivity index (χ3n) is 2.98. The van der Waals surface area contributed by atoms with E-state index < -0.39 is 17.5 Å². The van der Waals surface area contributed by atoms with Crippen molar-refractivity contribution in [1.82, 2.24) is 4.90 Å². The second-order valence-corrected chi connectivity index (χ2v) is 5.77. The number of hydrogen-bond acceptors (Lipinski definition) is 3. The summed E-state index contributed by atoms with van der Waals surface area (Å²) in [6, 6.07) is 0. The predicted octanol–water partition coefficient (Wildman–Crippen LogP) is 2.05. The van der Waals surface area contributed by atoms with Crippen LogP contribution in [0.1, 0.15) is 25.7 Å². The summed E-state index contributed by atoms with van der Waals surface area (Å²) in [5, 5.41) is 10.1. The Morgan fingerprint density at radius 2 is 1.94 bits per heavy atom. The molecule has 0 aromatic carbocycles. The fourth-order valence-electron chi connectivity index (χ4n) is 2.09. The molecule has 1 saturated carbocycles. The van der Waals surface area contributed by atoms with Crippen LogP contribution in [0.4, 0.5) is 13.2 Å². The molecule has 0 saturated heterocycles. The van der Waals surface area contributed by atoms with Crippen molar-refractivity contribution in [3.05, 3.63) is 0 Å². The molecule has 0 aliphatic heterocycles. The first-order valence-corrected chi connectivity index (χ1v) is 6.98. The van der Waals surface area contributed by atoms with E-state index in [1.54, 1.807) is 0 Å². The van der Waals surface area contributed by atoms with Crippen LogP contribution >= 0.6 is 11.8 Å². The Bertz CT molecular complexity index is 291. The van der Waals surface area contributed by atoms with Crippen molar-refractivity contribution in [3.8, 4) is 0 Å². The molecule has 0 spiro atoms. The van der Waals surface area contributed by atoms with Crippen molar-refractivity contribution in [2.24, 2.45) is 0 Å². The zero-order chi connectivity index (χ0) is 13.8. The molecule has 0 heterocycles. The highest BCUT2D eigenvalue weighted by molar-refractivity contribution is 8.00. The zero-order valence-electron chi connectivity index (χ0n) is 10.3. The number of carbonyl (C=O) groups excluding carboxylic acids is 1. The average molecular weight is 285 g/mol. The fourth-order valence-corrected chi connectivity index (χ4v) is 2.81. The van der Waals surface area contributed by atoms with Crippen LogP contribution in [0.15, 0.2) is 0 Å². The number of rotatable bonds is 5. The van der Waals surface area contributed by atoms with Crippen molar-refractivity contribution in [2.75, 3.05) is 25.1 Å². The van der Waals surface area contributed by atoms with E-state index in [4.69, 9.17) is 0 Å². The molecule has 0 radical (unpaired) electrons. The maximum absolute atomic E-state index is 11.9. The van der Waals surface area contributed by atoms with Gasteiger partial charge in [0.05, 0.1) is 17.1 Å². The molecule has 0 bridgehead atoms. The van der Waals surface area contributed by atoms with E-state index >= 15 is 0 Å². The number of halogens is 3. The molecule has 1 rings (SSSR count). The molecule has 0 aromatic heterocycles. The molecule has 1 aliphatic rings. The number of alkyl halides is 3. The number of nitrogens with zero attached hydrogens (tertiary/aromatic N) is 1. The van der Waals surface area contributed by atoms with E-state index in [0.29, 0.717) is 24.6 Å². The molecule has 1 aliphatic carbocycles. The molecule has 7 heteroatoms. The van der Waals surface area contributed by atoms with Crippen LogP contribution in [0, 0.1) is 0 Å². The minimum Gasteiger partial charge on any atom is -0.388 e. The van der Waals surface area contributed by atoms with Crippen molar-refractivity contribution < 1.29 is 23.1 Å². The SMILES string of the molecule is CN(CC1(O)CCCC1)C(=O)CSCC(F)(F)F. The second kappa shape index (κ2) is 6.14. The van der Waals surface area contributed by atoms with Gasteiger partial charge in [0.1, 0.15) is 0 Å². The van der Waals surface area contributed by atoms with E-state index in [1.165, 1.54) is 11.9 Å². The molecule has 106 valence electrons. The van der Waals surface area contributed by atoms with Crippen molar-refractivity contribution in [2.45, 2.75) is 37.5 Å². The van der Waals surface area contributed by atoms with Crippen LogP contribution in [0.25, 0.3) is 0 Å². The van der Waals surface area contributed by atoms with Gasteiger partial charge in [0, 0.05) is 13.6 Å². The smallest absolute Gasteiger partial charge is 0.388 e. The zero-order valence-corrected chi connectivity index (χ0v) is 11.1. The van der Waals surface area contributed by atoms with Crippen LogP contribution in [0.2, 0.25) is 0 Å². The van der Waals surface area contributed by atoms with Crippen LogP contribution in [0.3, 0.4) is 0 Å². The lowest BCUT2D eigenvalue weighted by atomic mass is 10.0. The normalized spacial score (nSPS) is 18.9. The van der Waals surface area contributed by atoms with E-state index in [2.05, 4.69) is 0 Å². The Hall–Kier alpha value is -0.430. The summed E-state index contributed by atoms with van der Waals surface area (Å²) in [6.45, 7) is 0.207. The summed E-state index contributed by atoms with van der Waals surface area (Å²) in [7, 11) is 1.52. The molecule has 1 amide bonds. The summed E-state index contributed by atoms with van der Waals surface area (Å²) in [5.41, 5.74) is -0.848. The standard InChI is InChI=1S/C11H18F3NO2S/c1-15(7-10(17)4-2-3-5-10)9(16)6-18-8-11(12,13)14/h17H,2-8H2,1H3. The van der Waals surface area contributed by atoms with Gasteiger partial charge in [-0.15, -0.1) is 11.8 Å². The Labute approximate surface area is 109 Å². The molecule has 0 atom stereocenters. The first-order valence-electron chi connectivity index (χ1n) is 5.83. The average Bonchev–Trinajstić information content (AvgIpc) is 2.62. The highest BCUT2D eigenvalue weighted by Crippen LogP contribution is 2.30. The third-order valence-corrected chi connectivity index (χ3v) is 3.97. The number of carbonyl (C=O) groups is 1. The van der Waals surface area contributed by atoms with Gasteiger partial charge in [-0.1, -0.05) is 12.8 Å². The van der Waals surface area contributed by atoms with Crippen LogP contribution < -0.4 is 0 Å².